The average Bonchev–Trinajstić information content (AvgIpc) is 3.14. The van der Waals surface area contributed by atoms with Gasteiger partial charge in [-0.05, 0) is 78.2 Å². The van der Waals surface area contributed by atoms with Crippen molar-refractivity contribution in [1.29, 1.82) is 0 Å². The smallest absolute Gasteiger partial charge is 0.327 e. The fraction of sp³-hybridized carbons (Fsp3) is 0.905. The van der Waals surface area contributed by atoms with Crippen LogP contribution in [0.5, 0.6) is 0 Å². The van der Waals surface area contributed by atoms with Crippen LogP contribution in [0.15, 0.2) is 0 Å². The molecule has 152 valence electrons. The zero-order chi connectivity index (χ0) is 19.5. The summed E-state index contributed by atoms with van der Waals surface area (Å²) < 4.78 is 10.9. The Bertz CT molecular complexity index is 629. The van der Waals surface area contributed by atoms with E-state index in [1.54, 1.807) is 0 Å². The van der Waals surface area contributed by atoms with Crippen LogP contribution in [0.1, 0.15) is 72.1 Å². The third kappa shape index (κ3) is 3.00. The van der Waals surface area contributed by atoms with Gasteiger partial charge in [-0.2, -0.15) is 0 Å². The van der Waals surface area contributed by atoms with Gasteiger partial charge in [-0.15, -0.1) is 0 Å². The molecule has 6 nitrogen and oxygen atoms in total. The number of rotatable bonds is 3. The summed E-state index contributed by atoms with van der Waals surface area (Å²) in [4.78, 5) is 25.7. The first-order chi connectivity index (χ1) is 12.6. The fourth-order valence-corrected chi connectivity index (χ4v) is 6.16. The largest absolute Gasteiger partial charge is 0.469 e. The van der Waals surface area contributed by atoms with Gasteiger partial charge in [0.25, 0.3) is 0 Å². The van der Waals surface area contributed by atoms with Crippen LogP contribution in [-0.2, 0) is 19.1 Å². The minimum Gasteiger partial charge on any atom is -0.469 e. The summed E-state index contributed by atoms with van der Waals surface area (Å²) in [7, 11) is 1.46. The summed E-state index contributed by atoms with van der Waals surface area (Å²) in [6.45, 7) is 6.84. The summed E-state index contributed by atoms with van der Waals surface area (Å²) in [6.07, 6.45) is 7.80. The lowest BCUT2D eigenvalue weighted by Gasteiger charge is -2.59. The molecule has 2 aliphatic carbocycles. The Morgan fingerprint density at radius 1 is 1.11 bits per heavy atom. The number of carbonyl (C=O) groups excluding carboxylic acids is 2. The van der Waals surface area contributed by atoms with E-state index in [4.69, 9.17) is 9.47 Å². The Kier molecular flexibility index (Phi) is 4.39. The Morgan fingerprint density at radius 2 is 1.81 bits per heavy atom. The molecule has 4 fully saturated rings. The van der Waals surface area contributed by atoms with Gasteiger partial charge in [0.2, 0.25) is 0 Å². The number of hydrogen-bond acceptors (Lipinski definition) is 6. The highest BCUT2D eigenvalue weighted by Crippen LogP contribution is 2.57. The molecule has 4 aliphatic rings. The zero-order valence-corrected chi connectivity index (χ0v) is 17.2. The van der Waals surface area contributed by atoms with Crippen LogP contribution in [-0.4, -0.2) is 47.8 Å². The highest BCUT2D eigenvalue weighted by atomic mass is 16.6. The molecule has 27 heavy (non-hydrogen) atoms. The van der Waals surface area contributed by atoms with Crippen LogP contribution < -0.4 is 10.6 Å². The first-order valence-corrected chi connectivity index (χ1v) is 10.5. The minimum absolute atomic E-state index is 0.141. The lowest BCUT2D eigenvalue weighted by Crippen LogP contribution is -2.80. The molecule has 2 saturated heterocycles. The van der Waals surface area contributed by atoms with E-state index < -0.39 is 11.1 Å². The zero-order valence-electron chi connectivity index (χ0n) is 17.2. The highest BCUT2D eigenvalue weighted by Gasteiger charge is 2.69. The Balaban J connectivity index is 1.58. The van der Waals surface area contributed by atoms with E-state index in [0.717, 1.165) is 45.1 Å². The third-order valence-corrected chi connectivity index (χ3v) is 7.51. The molecule has 0 aromatic heterocycles. The van der Waals surface area contributed by atoms with Gasteiger partial charge in [-0.1, -0.05) is 6.42 Å². The molecule has 0 bridgehead atoms. The van der Waals surface area contributed by atoms with Crippen molar-refractivity contribution in [2.24, 2.45) is 11.8 Å². The summed E-state index contributed by atoms with van der Waals surface area (Å²) in [5, 5.41) is 7.28. The standard InChI is InChI=1S/C21H34N2O4/c1-18(2,3)27-17(25)21(14-7-9-19(12-14)10-11-22-19)13-20(23-21)8-5-6-15(20)16(24)26-4/h14-15,22-23H,5-13H2,1-4H3/t14?,15-,19?,20?,21?/m0/s1. The first-order valence-electron chi connectivity index (χ1n) is 10.5. The van der Waals surface area contributed by atoms with Crippen LogP contribution >= 0.6 is 0 Å². The monoisotopic (exact) mass is 378 g/mol. The number of nitrogens with one attached hydrogen (secondary N) is 2. The van der Waals surface area contributed by atoms with Crippen molar-refractivity contribution in [2.75, 3.05) is 13.7 Å². The quantitative estimate of drug-likeness (QED) is 0.734. The minimum atomic E-state index is -0.662. The number of ether oxygens (including phenoxy) is 2. The molecule has 2 aliphatic heterocycles. The molecule has 6 heteroatoms. The second-order valence-corrected chi connectivity index (χ2v) is 10.3. The Morgan fingerprint density at radius 3 is 2.33 bits per heavy atom. The van der Waals surface area contributed by atoms with Crippen molar-refractivity contribution in [2.45, 2.75) is 94.4 Å². The Labute approximate surface area is 162 Å². The first kappa shape index (κ1) is 19.2. The molecule has 2 saturated carbocycles. The maximum absolute atomic E-state index is 13.3. The van der Waals surface area contributed by atoms with E-state index in [1.807, 2.05) is 20.8 Å². The molecule has 4 rings (SSSR count). The highest BCUT2D eigenvalue weighted by molar-refractivity contribution is 5.85. The lowest BCUT2D eigenvalue weighted by molar-refractivity contribution is -0.182. The molecule has 0 radical (unpaired) electrons. The predicted octanol–water partition coefficient (Wildman–Crippen LogP) is 2.30. The molecular formula is C21H34N2O4. The second-order valence-electron chi connectivity index (χ2n) is 10.3. The molecule has 0 amide bonds. The molecule has 5 atom stereocenters. The van der Waals surface area contributed by atoms with Gasteiger partial charge in [-0.3, -0.25) is 14.9 Å². The maximum Gasteiger partial charge on any atom is 0.327 e. The third-order valence-electron chi connectivity index (χ3n) is 7.51. The molecule has 0 aromatic carbocycles. The summed E-state index contributed by atoms with van der Waals surface area (Å²) in [6, 6.07) is 0. The number of carbonyl (C=O) groups is 2. The maximum atomic E-state index is 13.3. The van der Waals surface area contributed by atoms with Crippen molar-refractivity contribution in [3.8, 4) is 0 Å². The topological polar surface area (TPSA) is 76.7 Å². The molecule has 4 unspecified atom stereocenters. The number of esters is 2. The van der Waals surface area contributed by atoms with Crippen LogP contribution in [0.25, 0.3) is 0 Å². The Hall–Kier alpha value is -1.14. The molecular weight excluding hydrogens is 344 g/mol. The number of hydrogen-bond donors (Lipinski definition) is 2. The second kappa shape index (κ2) is 6.18. The van der Waals surface area contributed by atoms with E-state index in [-0.39, 0.29) is 34.9 Å². The van der Waals surface area contributed by atoms with Gasteiger partial charge >= 0.3 is 11.9 Å². The predicted molar refractivity (Wildman–Crippen MR) is 101 cm³/mol. The summed E-state index contributed by atoms with van der Waals surface area (Å²) in [5.41, 5.74) is -1.25. The average molecular weight is 379 g/mol. The van der Waals surface area contributed by atoms with Gasteiger partial charge < -0.3 is 14.8 Å². The van der Waals surface area contributed by atoms with Crippen LogP contribution in [0.4, 0.5) is 0 Å². The van der Waals surface area contributed by atoms with E-state index in [1.165, 1.54) is 13.5 Å². The normalized spacial score (nSPS) is 43.4. The van der Waals surface area contributed by atoms with Crippen molar-refractivity contribution >= 4 is 11.9 Å². The van der Waals surface area contributed by atoms with Crippen LogP contribution in [0.3, 0.4) is 0 Å². The van der Waals surface area contributed by atoms with Gasteiger partial charge in [0.05, 0.1) is 13.0 Å². The lowest BCUT2D eigenvalue weighted by atomic mass is 9.60. The van der Waals surface area contributed by atoms with Gasteiger partial charge in [-0.25, -0.2) is 0 Å². The van der Waals surface area contributed by atoms with E-state index in [0.29, 0.717) is 6.42 Å². The van der Waals surface area contributed by atoms with Crippen LogP contribution in [0.2, 0.25) is 0 Å². The molecule has 2 spiro atoms. The van der Waals surface area contributed by atoms with E-state index >= 15 is 0 Å². The van der Waals surface area contributed by atoms with E-state index in [2.05, 4.69) is 10.6 Å². The SMILES string of the molecule is COC(=O)[C@@H]1CCCC12CC(C(=O)OC(C)(C)C)(C1CCC3(CCN3)C1)N2. The molecule has 2 N–H and O–H groups in total. The van der Waals surface area contributed by atoms with Crippen LogP contribution in [0, 0.1) is 11.8 Å². The van der Waals surface area contributed by atoms with Gasteiger partial charge in [0, 0.05) is 11.1 Å². The van der Waals surface area contributed by atoms with E-state index in [9.17, 15) is 9.59 Å². The van der Waals surface area contributed by atoms with Crippen molar-refractivity contribution < 1.29 is 19.1 Å². The fourth-order valence-electron chi connectivity index (χ4n) is 6.16. The molecule has 0 aromatic rings. The molecule has 2 heterocycles. The van der Waals surface area contributed by atoms with Gasteiger partial charge in [0.15, 0.2) is 0 Å². The summed E-state index contributed by atoms with van der Waals surface area (Å²) in [5.74, 6) is -0.196. The van der Waals surface area contributed by atoms with Gasteiger partial charge in [0.1, 0.15) is 11.1 Å². The van der Waals surface area contributed by atoms with Crippen molar-refractivity contribution in [1.82, 2.24) is 10.6 Å². The van der Waals surface area contributed by atoms with Crippen molar-refractivity contribution in [3.05, 3.63) is 0 Å². The number of methoxy groups -OCH3 is 1. The summed E-state index contributed by atoms with van der Waals surface area (Å²) >= 11 is 0. The van der Waals surface area contributed by atoms with Crippen molar-refractivity contribution in [3.63, 3.8) is 0 Å².